The van der Waals surface area contributed by atoms with Crippen LogP contribution in [-0.4, -0.2) is 17.8 Å². The van der Waals surface area contributed by atoms with Crippen LogP contribution in [-0.2, 0) is 0 Å². The summed E-state index contributed by atoms with van der Waals surface area (Å²) in [4.78, 5) is 7.08. The Morgan fingerprint density at radius 2 is 1.83 bits per heavy atom. The summed E-state index contributed by atoms with van der Waals surface area (Å²) in [6.07, 6.45) is 1.67. The van der Waals surface area contributed by atoms with Crippen LogP contribution in [0.15, 0.2) is 77.3 Å². The van der Waals surface area contributed by atoms with E-state index in [1.54, 1.807) is 6.20 Å². The van der Waals surface area contributed by atoms with Crippen molar-refractivity contribution in [1.82, 2.24) is 10.2 Å². The molecule has 2 rings (SSSR count). The predicted octanol–water partition coefficient (Wildman–Crippen LogP) is 4.94. The van der Waals surface area contributed by atoms with Crippen molar-refractivity contribution in [2.45, 2.75) is 27.7 Å². The molecule has 1 aromatic rings. The monoisotopic (exact) mass is 321 g/mol. The fraction of sp³-hybridized carbons (Fsp3) is 0.286. The lowest BCUT2D eigenvalue weighted by Crippen LogP contribution is -2.28. The average Bonchev–Trinajstić information content (AvgIpc) is 2.58. The van der Waals surface area contributed by atoms with Crippen molar-refractivity contribution in [2.75, 3.05) is 7.05 Å². The Hall–Kier alpha value is -2.55. The number of aliphatic imine (C=N–C) groups is 1. The topological polar surface area (TPSA) is 27.6 Å². The van der Waals surface area contributed by atoms with Gasteiger partial charge in [0.2, 0.25) is 0 Å². The smallest absolute Gasteiger partial charge is 0.143 e. The molecule has 0 radical (unpaired) electrons. The van der Waals surface area contributed by atoms with Crippen molar-refractivity contribution in [1.29, 1.82) is 0 Å². The summed E-state index contributed by atoms with van der Waals surface area (Å²) in [5.41, 5.74) is 5.59. The fourth-order valence-corrected chi connectivity index (χ4v) is 2.70. The molecule has 24 heavy (non-hydrogen) atoms. The molecule has 0 amide bonds. The van der Waals surface area contributed by atoms with Gasteiger partial charge in [0.05, 0.1) is 0 Å². The lowest BCUT2D eigenvalue weighted by Gasteiger charge is -2.32. The zero-order valence-corrected chi connectivity index (χ0v) is 15.4. The summed E-state index contributed by atoms with van der Waals surface area (Å²) in [5, 5.41) is 3.17. The molecule has 1 N–H and O–H groups in total. The third kappa shape index (κ3) is 3.35. The number of hydrogen-bond donors (Lipinski definition) is 1. The third-order valence-corrected chi connectivity index (χ3v) is 4.43. The Balaban J connectivity index is 2.71. The van der Waals surface area contributed by atoms with Crippen LogP contribution in [0.1, 0.15) is 33.3 Å². The van der Waals surface area contributed by atoms with Crippen LogP contribution in [0, 0.1) is 5.92 Å². The van der Waals surface area contributed by atoms with Crippen LogP contribution in [0.5, 0.6) is 0 Å². The van der Waals surface area contributed by atoms with E-state index in [2.05, 4.69) is 70.2 Å². The first-order valence-electron chi connectivity index (χ1n) is 8.25. The van der Waals surface area contributed by atoms with Gasteiger partial charge in [-0.3, -0.25) is 0 Å². The normalized spacial score (nSPS) is 16.2. The quantitative estimate of drug-likeness (QED) is 0.628. The van der Waals surface area contributed by atoms with E-state index in [1.165, 1.54) is 11.3 Å². The first kappa shape index (κ1) is 17.8. The van der Waals surface area contributed by atoms with E-state index in [9.17, 15) is 0 Å². The van der Waals surface area contributed by atoms with Gasteiger partial charge in [0.15, 0.2) is 0 Å². The molecule has 3 heteroatoms. The van der Waals surface area contributed by atoms with Crippen molar-refractivity contribution in [3.63, 3.8) is 0 Å². The van der Waals surface area contributed by atoms with Crippen LogP contribution in [0.4, 0.5) is 0 Å². The molecule has 1 aliphatic rings. The molecule has 1 aromatic carbocycles. The molecule has 0 atom stereocenters. The lowest BCUT2D eigenvalue weighted by molar-refractivity contribution is 0.504. The van der Waals surface area contributed by atoms with Crippen molar-refractivity contribution in [3.8, 4) is 0 Å². The molecular formula is C21H27N3. The van der Waals surface area contributed by atoms with Gasteiger partial charge in [0, 0.05) is 24.2 Å². The molecule has 0 aromatic heterocycles. The first-order valence-corrected chi connectivity index (χ1v) is 8.25. The van der Waals surface area contributed by atoms with Gasteiger partial charge in [-0.2, -0.15) is 0 Å². The highest BCUT2D eigenvalue weighted by Gasteiger charge is 2.25. The molecule has 0 unspecified atom stereocenters. The fourth-order valence-electron chi connectivity index (χ4n) is 2.70. The van der Waals surface area contributed by atoms with E-state index in [4.69, 9.17) is 4.99 Å². The summed E-state index contributed by atoms with van der Waals surface area (Å²) in [7, 11) is 2.05. The highest BCUT2D eigenvalue weighted by Crippen LogP contribution is 2.39. The zero-order chi connectivity index (χ0) is 17.9. The van der Waals surface area contributed by atoms with E-state index >= 15 is 0 Å². The highest BCUT2D eigenvalue weighted by molar-refractivity contribution is 5.91. The maximum atomic E-state index is 4.94. The standard InChI is InChI=1S/C21H27N3/c1-8-22-20(14(2)3)23-21-19(18-12-10-9-11-13-18)16(5)15(4)17(6)24(21)7/h8-14H,1,5H2,2-4,6-7H3,(H,22,23). The number of amidine groups is 1. The molecule has 0 bridgehead atoms. The van der Waals surface area contributed by atoms with Gasteiger partial charge in [-0.25, -0.2) is 4.99 Å². The maximum absolute atomic E-state index is 4.94. The van der Waals surface area contributed by atoms with Crippen LogP contribution < -0.4 is 5.32 Å². The van der Waals surface area contributed by atoms with Gasteiger partial charge in [-0.15, -0.1) is 0 Å². The van der Waals surface area contributed by atoms with Gasteiger partial charge in [0.1, 0.15) is 11.7 Å². The van der Waals surface area contributed by atoms with Crippen molar-refractivity contribution >= 4 is 11.4 Å². The van der Waals surface area contributed by atoms with Gasteiger partial charge in [-0.05, 0) is 36.8 Å². The van der Waals surface area contributed by atoms with Gasteiger partial charge in [0.25, 0.3) is 0 Å². The van der Waals surface area contributed by atoms with Crippen molar-refractivity contribution in [3.05, 3.63) is 77.9 Å². The van der Waals surface area contributed by atoms with Crippen LogP contribution in [0.3, 0.4) is 0 Å². The second kappa shape index (κ2) is 7.35. The van der Waals surface area contributed by atoms with Crippen molar-refractivity contribution < 1.29 is 0 Å². The Morgan fingerprint density at radius 3 is 2.38 bits per heavy atom. The third-order valence-electron chi connectivity index (χ3n) is 4.43. The van der Waals surface area contributed by atoms with Gasteiger partial charge < -0.3 is 10.2 Å². The Labute approximate surface area is 145 Å². The number of allylic oxidation sites excluding steroid dienone is 4. The molecule has 0 spiro atoms. The molecular weight excluding hydrogens is 294 g/mol. The van der Waals surface area contributed by atoms with Crippen LogP contribution in [0.2, 0.25) is 0 Å². The lowest BCUT2D eigenvalue weighted by atomic mass is 9.90. The molecule has 1 heterocycles. The molecule has 0 aliphatic carbocycles. The Bertz CT molecular complexity index is 734. The zero-order valence-electron chi connectivity index (χ0n) is 15.4. The van der Waals surface area contributed by atoms with Crippen LogP contribution >= 0.6 is 0 Å². The number of nitrogens with one attached hydrogen (secondary N) is 1. The molecule has 126 valence electrons. The minimum Gasteiger partial charge on any atom is -0.350 e. The van der Waals surface area contributed by atoms with E-state index in [1.807, 2.05) is 18.2 Å². The number of hydrogen-bond acceptors (Lipinski definition) is 2. The van der Waals surface area contributed by atoms with Gasteiger partial charge >= 0.3 is 0 Å². The maximum Gasteiger partial charge on any atom is 0.143 e. The van der Waals surface area contributed by atoms with E-state index in [0.29, 0.717) is 0 Å². The minimum atomic E-state index is 0.265. The molecule has 1 aliphatic heterocycles. The summed E-state index contributed by atoms with van der Waals surface area (Å²) in [6, 6.07) is 10.3. The van der Waals surface area contributed by atoms with E-state index in [0.717, 1.165) is 28.4 Å². The number of nitrogens with zero attached hydrogens (tertiary/aromatic N) is 2. The molecule has 0 saturated carbocycles. The second-order valence-corrected chi connectivity index (χ2v) is 6.31. The SMILES string of the molecule is C=CN/C(=N\C1=C(c2ccccc2)C(=C)C(C)=C(C)N1C)C(C)C. The van der Waals surface area contributed by atoms with Crippen LogP contribution in [0.25, 0.3) is 5.57 Å². The minimum absolute atomic E-state index is 0.265. The predicted molar refractivity (Wildman–Crippen MR) is 104 cm³/mol. The first-order chi connectivity index (χ1) is 11.4. The summed E-state index contributed by atoms with van der Waals surface area (Å²) < 4.78 is 0. The van der Waals surface area contributed by atoms with E-state index in [-0.39, 0.29) is 5.92 Å². The number of rotatable bonds is 4. The largest absolute Gasteiger partial charge is 0.350 e. The Morgan fingerprint density at radius 1 is 1.21 bits per heavy atom. The average molecular weight is 321 g/mol. The van der Waals surface area contributed by atoms with Crippen molar-refractivity contribution in [2.24, 2.45) is 10.9 Å². The van der Waals surface area contributed by atoms with E-state index < -0.39 is 0 Å². The highest BCUT2D eigenvalue weighted by atomic mass is 15.2. The Kier molecular flexibility index (Phi) is 5.45. The molecule has 0 saturated heterocycles. The molecule has 3 nitrogen and oxygen atoms in total. The number of benzene rings is 1. The van der Waals surface area contributed by atoms with Gasteiger partial charge in [-0.1, -0.05) is 57.3 Å². The summed E-state index contributed by atoms with van der Waals surface area (Å²) in [5.74, 6) is 2.06. The summed E-state index contributed by atoms with van der Waals surface area (Å²) >= 11 is 0. The second-order valence-electron chi connectivity index (χ2n) is 6.31. The summed E-state index contributed by atoms with van der Waals surface area (Å²) in [6.45, 7) is 16.5. The molecule has 0 fully saturated rings.